The molecule has 3 aromatic rings. The molecule has 6 nitrogen and oxygen atoms in total. The van der Waals surface area contributed by atoms with E-state index < -0.39 is 0 Å². The second-order valence-electron chi connectivity index (χ2n) is 6.59. The van der Waals surface area contributed by atoms with E-state index in [1.54, 1.807) is 6.33 Å². The van der Waals surface area contributed by atoms with E-state index >= 15 is 0 Å². The van der Waals surface area contributed by atoms with Crippen molar-refractivity contribution in [1.29, 1.82) is 0 Å². The Hall–Kier alpha value is -2.25. The number of aromatic nitrogens is 3. The van der Waals surface area contributed by atoms with Crippen molar-refractivity contribution in [1.82, 2.24) is 19.2 Å². The molecular formula is C18H22N6S. The van der Waals surface area contributed by atoms with Crippen molar-refractivity contribution in [3.8, 4) is 0 Å². The third-order valence-corrected chi connectivity index (χ3v) is 5.28. The van der Waals surface area contributed by atoms with Crippen LogP contribution in [0.15, 0.2) is 36.1 Å². The lowest BCUT2D eigenvalue weighted by Crippen LogP contribution is -2.45. The maximum Gasteiger partial charge on any atom is 0.139 e. The molecule has 0 aliphatic carbocycles. The summed E-state index contributed by atoms with van der Waals surface area (Å²) in [5.41, 5.74) is 3.56. The van der Waals surface area contributed by atoms with Crippen LogP contribution in [0.4, 0.5) is 11.5 Å². The lowest BCUT2D eigenvalue weighted by molar-refractivity contribution is 0.250. The van der Waals surface area contributed by atoms with Crippen LogP contribution in [-0.4, -0.2) is 59.5 Å². The topological polar surface area (TPSA) is 48.4 Å². The maximum absolute atomic E-state index is 4.43. The average Bonchev–Trinajstić information content (AvgIpc) is 3.14. The van der Waals surface area contributed by atoms with Crippen molar-refractivity contribution < 1.29 is 0 Å². The molecule has 130 valence electrons. The van der Waals surface area contributed by atoms with Gasteiger partial charge in [0.25, 0.3) is 0 Å². The Bertz CT molecular complexity index is 840. The Morgan fingerprint density at radius 3 is 2.68 bits per heavy atom. The Labute approximate surface area is 151 Å². The maximum atomic E-state index is 4.43. The quantitative estimate of drug-likeness (QED) is 0.717. The molecule has 0 N–H and O–H groups in total. The van der Waals surface area contributed by atoms with E-state index in [4.69, 9.17) is 0 Å². The smallest absolute Gasteiger partial charge is 0.139 e. The van der Waals surface area contributed by atoms with E-state index in [1.165, 1.54) is 22.8 Å². The van der Waals surface area contributed by atoms with Gasteiger partial charge < -0.3 is 9.80 Å². The molecule has 0 radical (unpaired) electrons. The molecular weight excluding hydrogens is 332 g/mol. The lowest BCUT2D eigenvalue weighted by atomic mass is 10.1. The number of fused-ring (bicyclic) bond motifs is 1. The molecule has 1 aliphatic rings. The monoisotopic (exact) mass is 354 g/mol. The molecule has 0 unspecified atom stereocenters. The molecule has 1 saturated heterocycles. The second kappa shape index (κ2) is 6.93. The highest BCUT2D eigenvalue weighted by molar-refractivity contribution is 7.03. The Morgan fingerprint density at radius 1 is 1.12 bits per heavy atom. The number of hydrogen-bond donors (Lipinski definition) is 0. The van der Waals surface area contributed by atoms with Gasteiger partial charge in [-0.05, 0) is 35.3 Å². The predicted octanol–water partition coefficient (Wildman–Crippen LogP) is 2.47. The molecule has 25 heavy (non-hydrogen) atoms. The number of benzene rings is 1. The highest BCUT2D eigenvalue weighted by Gasteiger charge is 2.18. The predicted molar refractivity (Wildman–Crippen MR) is 103 cm³/mol. The number of anilines is 2. The number of nitrogens with zero attached hydrogens (tertiary/aromatic N) is 6. The van der Waals surface area contributed by atoms with Crippen LogP contribution in [0.5, 0.6) is 0 Å². The summed E-state index contributed by atoms with van der Waals surface area (Å²) < 4.78 is 4.19. The van der Waals surface area contributed by atoms with Crippen LogP contribution in [0.25, 0.3) is 10.9 Å². The normalized spacial score (nSPS) is 15.7. The van der Waals surface area contributed by atoms with E-state index in [-0.39, 0.29) is 0 Å². The van der Waals surface area contributed by atoms with Crippen LogP contribution < -0.4 is 9.80 Å². The average molecular weight is 354 g/mol. The van der Waals surface area contributed by atoms with Crippen LogP contribution in [0, 0.1) is 0 Å². The first kappa shape index (κ1) is 16.2. The van der Waals surface area contributed by atoms with Crippen LogP contribution >= 0.6 is 11.5 Å². The molecule has 1 fully saturated rings. The minimum absolute atomic E-state index is 0.968. The van der Waals surface area contributed by atoms with Gasteiger partial charge in [-0.2, -0.15) is 0 Å². The molecule has 3 heterocycles. The van der Waals surface area contributed by atoms with Crippen LogP contribution in [0.3, 0.4) is 0 Å². The van der Waals surface area contributed by atoms with Crippen molar-refractivity contribution >= 4 is 33.9 Å². The van der Waals surface area contributed by atoms with E-state index in [0.29, 0.717) is 0 Å². The molecule has 0 amide bonds. The van der Waals surface area contributed by atoms with Gasteiger partial charge in [0, 0.05) is 69.5 Å². The van der Waals surface area contributed by atoms with Crippen molar-refractivity contribution in [2.75, 3.05) is 50.1 Å². The summed E-state index contributed by atoms with van der Waals surface area (Å²) in [6.45, 7) is 5.21. The Morgan fingerprint density at radius 2 is 1.96 bits per heavy atom. The van der Waals surface area contributed by atoms with Gasteiger partial charge in [0.2, 0.25) is 0 Å². The Balaban J connectivity index is 1.50. The van der Waals surface area contributed by atoms with Crippen molar-refractivity contribution in [3.63, 3.8) is 0 Å². The molecule has 2 aromatic heterocycles. The molecule has 7 heteroatoms. The van der Waals surface area contributed by atoms with E-state index in [0.717, 1.165) is 49.4 Å². The van der Waals surface area contributed by atoms with Gasteiger partial charge in [-0.1, -0.05) is 0 Å². The number of rotatable bonds is 4. The van der Waals surface area contributed by atoms with Crippen LogP contribution in [0.2, 0.25) is 0 Å². The first-order valence-corrected chi connectivity index (χ1v) is 9.32. The first-order chi connectivity index (χ1) is 12.2. The standard InChI is InChI=1S/C18H22N6S/c1-22(2)18-16-9-15(3-4-17(16)19-13-20-18)24-7-5-23(6-8-24)11-14-10-21-25-12-14/h3-4,9-10,12-13H,5-8,11H2,1-2H3. The van der Waals surface area contributed by atoms with Gasteiger partial charge in [-0.15, -0.1) is 0 Å². The van der Waals surface area contributed by atoms with Gasteiger partial charge in [-0.25, -0.2) is 14.3 Å². The minimum Gasteiger partial charge on any atom is -0.369 e. The molecule has 4 rings (SSSR count). The first-order valence-electron chi connectivity index (χ1n) is 8.48. The zero-order valence-corrected chi connectivity index (χ0v) is 15.4. The van der Waals surface area contributed by atoms with E-state index in [9.17, 15) is 0 Å². The fourth-order valence-corrected chi connectivity index (χ4v) is 3.84. The molecule has 0 atom stereocenters. The number of hydrogen-bond acceptors (Lipinski definition) is 7. The lowest BCUT2D eigenvalue weighted by Gasteiger charge is -2.36. The summed E-state index contributed by atoms with van der Waals surface area (Å²) in [6, 6.07) is 6.50. The summed E-state index contributed by atoms with van der Waals surface area (Å²) in [4.78, 5) is 15.8. The SMILES string of the molecule is CN(C)c1ncnc2ccc(N3CCN(Cc4cnsc4)CC3)cc12. The third kappa shape index (κ3) is 3.43. The van der Waals surface area contributed by atoms with Gasteiger partial charge in [0.05, 0.1) is 5.52 Å². The second-order valence-corrected chi connectivity index (χ2v) is 7.25. The summed E-state index contributed by atoms with van der Waals surface area (Å²) in [5, 5.41) is 3.25. The number of piperazine rings is 1. The van der Waals surface area contributed by atoms with Crippen molar-refractivity contribution in [2.45, 2.75) is 6.54 Å². The molecule has 0 saturated carbocycles. The van der Waals surface area contributed by atoms with Crippen molar-refractivity contribution in [3.05, 3.63) is 41.7 Å². The molecule has 1 aromatic carbocycles. The van der Waals surface area contributed by atoms with E-state index in [2.05, 4.69) is 47.7 Å². The highest BCUT2D eigenvalue weighted by atomic mass is 32.1. The summed E-state index contributed by atoms with van der Waals surface area (Å²) in [6.07, 6.45) is 3.61. The van der Waals surface area contributed by atoms with E-state index in [1.807, 2.05) is 25.2 Å². The van der Waals surface area contributed by atoms with Crippen LogP contribution in [-0.2, 0) is 6.54 Å². The zero-order chi connectivity index (χ0) is 17.2. The molecule has 1 aliphatic heterocycles. The highest BCUT2D eigenvalue weighted by Crippen LogP contribution is 2.27. The van der Waals surface area contributed by atoms with Gasteiger partial charge in [-0.3, -0.25) is 4.90 Å². The van der Waals surface area contributed by atoms with Gasteiger partial charge in [0.15, 0.2) is 0 Å². The fourth-order valence-electron chi connectivity index (χ4n) is 3.31. The molecule has 0 spiro atoms. The Kier molecular flexibility index (Phi) is 4.50. The molecule has 0 bridgehead atoms. The summed E-state index contributed by atoms with van der Waals surface area (Å²) in [5.74, 6) is 0.968. The van der Waals surface area contributed by atoms with Crippen molar-refractivity contribution in [2.24, 2.45) is 0 Å². The van der Waals surface area contributed by atoms with Crippen LogP contribution in [0.1, 0.15) is 5.56 Å². The van der Waals surface area contributed by atoms with Gasteiger partial charge in [0.1, 0.15) is 12.1 Å². The summed E-state index contributed by atoms with van der Waals surface area (Å²) >= 11 is 1.53. The largest absolute Gasteiger partial charge is 0.369 e. The minimum atomic E-state index is 0.968. The summed E-state index contributed by atoms with van der Waals surface area (Å²) in [7, 11) is 4.04. The zero-order valence-electron chi connectivity index (χ0n) is 14.6. The van der Waals surface area contributed by atoms with Gasteiger partial charge >= 0.3 is 0 Å². The fraction of sp³-hybridized carbons (Fsp3) is 0.389. The third-order valence-electron chi connectivity index (χ3n) is 4.65.